The van der Waals surface area contributed by atoms with E-state index in [4.69, 9.17) is 4.74 Å². The maximum atomic E-state index is 12.2. The summed E-state index contributed by atoms with van der Waals surface area (Å²) in [6.45, 7) is 9.04. The molecule has 0 aromatic rings. The van der Waals surface area contributed by atoms with E-state index in [9.17, 15) is 4.21 Å². The van der Waals surface area contributed by atoms with E-state index in [1.54, 1.807) is 0 Å². The average Bonchev–Trinajstić information content (AvgIpc) is 2.41. The minimum atomic E-state index is -0.976. The fourth-order valence-electron chi connectivity index (χ4n) is 1.80. The molecule has 17 heavy (non-hydrogen) atoms. The first-order chi connectivity index (χ1) is 8.27. The van der Waals surface area contributed by atoms with Gasteiger partial charge >= 0.3 is 0 Å². The molecule has 0 aromatic carbocycles. The number of rotatable bonds is 2. The molecule has 1 unspecified atom stereocenters. The van der Waals surface area contributed by atoms with Gasteiger partial charge in [-0.25, -0.2) is 8.51 Å². The van der Waals surface area contributed by atoms with E-state index in [0.29, 0.717) is 13.2 Å². The average molecular weight is 257 g/mol. The molecule has 1 saturated heterocycles. The summed E-state index contributed by atoms with van der Waals surface area (Å²) in [4.78, 5) is 0.973. The van der Waals surface area contributed by atoms with E-state index < -0.39 is 11.0 Å². The van der Waals surface area contributed by atoms with Crippen LogP contribution in [-0.4, -0.2) is 34.8 Å². The van der Waals surface area contributed by atoms with Crippen molar-refractivity contribution in [2.24, 2.45) is 0 Å². The highest BCUT2D eigenvalue weighted by molar-refractivity contribution is 7.86. The van der Waals surface area contributed by atoms with Crippen LogP contribution in [0.2, 0.25) is 0 Å². The fourth-order valence-corrected chi connectivity index (χ4v) is 3.14. The van der Waals surface area contributed by atoms with Crippen molar-refractivity contribution in [3.8, 4) is 0 Å². The van der Waals surface area contributed by atoms with Gasteiger partial charge in [0.25, 0.3) is 0 Å². The Kier molecular flexibility index (Phi) is 6.70. The zero-order valence-corrected chi connectivity index (χ0v) is 11.9. The molecule has 1 heterocycles. The highest BCUT2D eigenvalue weighted by atomic mass is 32.2. The molecule has 0 N–H and O–H groups in total. The Bertz CT molecular complexity index is 317. The maximum Gasteiger partial charge on any atom is 0.127 e. The molecule has 98 valence electrons. The molecule has 2 rings (SSSR count). The minimum Gasteiger partial charge on any atom is -0.379 e. The molecule has 1 aliphatic carbocycles. The van der Waals surface area contributed by atoms with Gasteiger partial charge in [-0.05, 0) is 25.8 Å². The maximum absolute atomic E-state index is 12.2. The highest BCUT2D eigenvalue weighted by Crippen LogP contribution is 2.21. The van der Waals surface area contributed by atoms with E-state index in [-0.39, 0.29) is 0 Å². The molecule has 0 aromatic heterocycles. The Balaban J connectivity index is 0.000000686. The summed E-state index contributed by atoms with van der Waals surface area (Å²) in [5, 5.41) is 0. The van der Waals surface area contributed by atoms with Gasteiger partial charge in [-0.1, -0.05) is 25.5 Å². The molecule has 1 aliphatic heterocycles. The van der Waals surface area contributed by atoms with Crippen molar-refractivity contribution in [3.05, 3.63) is 22.6 Å². The largest absolute Gasteiger partial charge is 0.379 e. The van der Waals surface area contributed by atoms with Crippen LogP contribution < -0.4 is 0 Å². The van der Waals surface area contributed by atoms with Crippen LogP contribution in [0.5, 0.6) is 0 Å². The molecule has 0 spiro atoms. The SMILES string of the molecule is CC.CC1=CC(S(=O)N2CCOCC2)=CCC1. The van der Waals surface area contributed by atoms with Crippen molar-refractivity contribution in [1.82, 2.24) is 4.31 Å². The molecule has 0 saturated carbocycles. The van der Waals surface area contributed by atoms with Gasteiger partial charge in [0.1, 0.15) is 11.0 Å². The number of hydrogen-bond acceptors (Lipinski definition) is 2. The molecule has 1 atom stereocenters. The van der Waals surface area contributed by atoms with Crippen LogP contribution in [0.25, 0.3) is 0 Å². The molecule has 0 bridgehead atoms. The number of hydrogen-bond donors (Lipinski definition) is 0. The van der Waals surface area contributed by atoms with Crippen LogP contribution >= 0.6 is 0 Å². The molecule has 0 amide bonds. The van der Waals surface area contributed by atoms with Crippen molar-refractivity contribution < 1.29 is 8.95 Å². The summed E-state index contributed by atoms with van der Waals surface area (Å²) in [5.74, 6) is 0. The second-order valence-corrected chi connectivity index (χ2v) is 5.41. The van der Waals surface area contributed by atoms with Crippen molar-refractivity contribution in [2.75, 3.05) is 26.3 Å². The Morgan fingerprint density at radius 2 is 1.94 bits per heavy atom. The highest BCUT2D eigenvalue weighted by Gasteiger charge is 2.19. The Morgan fingerprint density at radius 3 is 2.53 bits per heavy atom. The molecule has 1 fully saturated rings. The summed E-state index contributed by atoms with van der Waals surface area (Å²) in [5.41, 5.74) is 1.33. The zero-order chi connectivity index (χ0) is 12.7. The van der Waals surface area contributed by atoms with Gasteiger partial charge in [0.15, 0.2) is 0 Å². The van der Waals surface area contributed by atoms with Crippen molar-refractivity contribution >= 4 is 11.0 Å². The number of ether oxygens (including phenoxy) is 1. The predicted molar refractivity (Wildman–Crippen MR) is 73.0 cm³/mol. The number of nitrogens with zero attached hydrogens (tertiary/aromatic N) is 1. The quantitative estimate of drug-likeness (QED) is 0.761. The van der Waals surface area contributed by atoms with E-state index in [2.05, 4.69) is 19.1 Å². The lowest BCUT2D eigenvalue weighted by Gasteiger charge is -2.26. The molecular formula is C13H23NO2S. The van der Waals surface area contributed by atoms with E-state index in [1.165, 1.54) is 5.57 Å². The lowest BCUT2D eigenvalue weighted by Crippen LogP contribution is -2.37. The Hall–Kier alpha value is -0.450. The second kappa shape index (κ2) is 7.80. The number of allylic oxidation sites excluding steroid dienone is 3. The van der Waals surface area contributed by atoms with Crippen LogP contribution in [0.15, 0.2) is 22.6 Å². The number of morpholine rings is 1. The Morgan fingerprint density at radius 1 is 1.29 bits per heavy atom. The summed E-state index contributed by atoms with van der Waals surface area (Å²) < 4.78 is 19.4. The predicted octanol–water partition coefficient (Wildman–Crippen LogP) is 2.63. The van der Waals surface area contributed by atoms with Gasteiger partial charge < -0.3 is 4.74 Å². The topological polar surface area (TPSA) is 29.5 Å². The van der Waals surface area contributed by atoms with Crippen LogP contribution in [0, 0.1) is 0 Å². The molecule has 2 aliphatic rings. The molecular weight excluding hydrogens is 234 g/mol. The van der Waals surface area contributed by atoms with Crippen molar-refractivity contribution in [1.29, 1.82) is 0 Å². The van der Waals surface area contributed by atoms with Crippen LogP contribution in [0.3, 0.4) is 0 Å². The normalized spacial score (nSPS) is 23.0. The second-order valence-electron chi connectivity index (χ2n) is 3.93. The summed E-state index contributed by atoms with van der Waals surface area (Å²) >= 11 is 0. The molecule has 0 radical (unpaired) electrons. The smallest absolute Gasteiger partial charge is 0.127 e. The molecule has 3 nitrogen and oxygen atoms in total. The van der Waals surface area contributed by atoms with Crippen molar-refractivity contribution in [2.45, 2.75) is 33.6 Å². The molecule has 4 heteroatoms. The van der Waals surface area contributed by atoms with E-state index >= 15 is 0 Å². The summed E-state index contributed by atoms with van der Waals surface area (Å²) in [6.07, 6.45) is 6.28. The van der Waals surface area contributed by atoms with Gasteiger partial charge in [0.2, 0.25) is 0 Å². The van der Waals surface area contributed by atoms with Crippen LogP contribution in [-0.2, 0) is 15.7 Å². The lowest BCUT2D eigenvalue weighted by atomic mass is 10.1. The van der Waals surface area contributed by atoms with E-state index in [1.807, 2.05) is 18.2 Å². The van der Waals surface area contributed by atoms with Crippen LogP contribution in [0.1, 0.15) is 33.6 Å². The standard InChI is InChI=1S/C11H17NO2S.C2H6/c1-10-3-2-4-11(9-10)15(13)12-5-7-14-8-6-12;1-2/h4,9H,2-3,5-8H2,1H3;1-2H3. The summed E-state index contributed by atoms with van der Waals surface area (Å²) in [7, 11) is -0.976. The monoisotopic (exact) mass is 257 g/mol. The third-order valence-electron chi connectivity index (χ3n) is 2.68. The first kappa shape index (κ1) is 14.6. The minimum absolute atomic E-state index is 0.696. The van der Waals surface area contributed by atoms with E-state index in [0.717, 1.165) is 30.8 Å². The Labute approximate surface area is 107 Å². The summed E-state index contributed by atoms with van der Waals surface area (Å²) in [6, 6.07) is 0. The van der Waals surface area contributed by atoms with Gasteiger partial charge in [0, 0.05) is 13.1 Å². The van der Waals surface area contributed by atoms with Gasteiger partial charge in [0.05, 0.1) is 18.1 Å². The van der Waals surface area contributed by atoms with Crippen molar-refractivity contribution in [3.63, 3.8) is 0 Å². The fraction of sp³-hybridized carbons (Fsp3) is 0.692. The third-order valence-corrected chi connectivity index (χ3v) is 4.20. The lowest BCUT2D eigenvalue weighted by molar-refractivity contribution is 0.0755. The first-order valence-electron chi connectivity index (χ1n) is 6.39. The van der Waals surface area contributed by atoms with Gasteiger partial charge in [-0.2, -0.15) is 0 Å². The third kappa shape index (κ3) is 4.37. The van der Waals surface area contributed by atoms with Gasteiger partial charge in [-0.15, -0.1) is 0 Å². The first-order valence-corrected chi connectivity index (χ1v) is 7.50. The zero-order valence-electron chi connectivity index (χ0n) is 11.1. The van der Waals surface area contributed by atoms with Crippen LogP contribution in [0.4, 0.5) is 0 Å². The van der Waals surface area contributed by atoms with Gasteiger partial charge in [-0.3, -0.25) is 0 Å².